The van der Waals surface area contributed by atoms with Crippen molar-refractivity contribution in [3.05, 3.63) is 42.0 Å². The monoisotopic (exact) mass is 281 g/mol. The Morgan fingerprint density at radius 1 is 1.32 bits per heavy atom. The zero-order valence-corrected chi connectivity index (χ0v) is 12.1. The Morgan fingerprint density at radius 3 is 2.37 bits per heavy atom. The smallest absolute Gasteiger partial charge is 0.325 e. The van der Waals surface area contributed by atoms with Gasteiger partial charge in [-0.15, -0.1) is 0 Å². The molecule has 0 aliphatic rings. The molecule has 0 saturated carbocycles. The van der Waals surface area contributed by atoms with Gasteiger partial charge in [0.15, 0.2) is 0 Å². The first-order valence-electron chi connectivity index (χ1n) is 5.95. The minimum Gasteiger partial charge on any atom is -0.480 e. The first-order valence-corrected chi connectivity index (χ1v) is 7.10. The van der Waals surface area contributed by atoms with Crippen molar-refractivity contribution in [3.8, 4) is 0 Å². The van der Waals surface area contributed by atoms with E-state index in [-0.39, 0.29) is 0 Å². The molecule has 0 aliphatic heterocycles. The molecular formula is C14H19NO3S. The van der Waals surface area contributed by atoms with Gasteiger partial charge >= 0.3 is 5.97 Å². The number of nitrogens with one attached hydrogen (secondary N) is 1. The lowest BCUT2D eigenvalue weighted by Gasteiger charge is -2.20. The van der Waals surface area contributed by atoms with Gasteiger partial charge in [-0.25, -0.2) is 8.93 Å². The van der Waals surface area contributed by atoms with Crippen LogP contribution in [0.25, 0.3) is 6.08 Å². The summed E-state index contributed by atoms with van der Waals surface area (Å²) in [7, 11) is -1.43. The van der Waals surface area contributed by atoms with Crippen LogP contribution in [0.2, 0.25) is 0 Å². The molecule has 1 aromatic carbocycles. The molecule has 0 radical (unpaired) electrons. The van der Waals surface area contributed by atoms with Gasteiger partial charge in [-0.2, -0.15) is 0 Å². The number of benzene rings is 1. The minimum atomic E-state index is -1.43. The summed E-state index contributed by atoms with van der Waals surface area (Å²) >= 11 is 0. The van der Waals surface area contributed by atoms with Gasteiger partial charge in [0.25, 0.3) is 0 Å². The standard InChI is InChI=1S/C14H19NO3S/c1-14(2,3)19(18)15-12(13(16)17)10-9-11-7-5-4-6-8-11/h4-10,12,15H,1-3H3,(H,16,17)/b10-9+/t12-,19-/m1/s1. The Bertz CT molecular complexity index is 477. The predicted molar refractivity (Wildman–Crippen MR) is 77.9 cm³/mol. The van der Waals surface area contributed by atoms with Gasteiger partial charge in [-0.05, 0) is 26.3 Å². The van der Waals surface area contributed by atoms with E-state index in [1.54, 1.807) is 26.8 Å². The molecule has 1 rings (SSSR count). The first-order chi connectivity index (χ1) is 8.80. The molecule has 0 fully saturated rings. The van der Waals surface area contributed by atoms with Crippen molar-refractivity contribution < 1.29 is 14.1 Å². The van der Waals surface area contributed by atoms with Crippen molar-refractivity contribution >= 4 is 23.0 Å². The van der Waals surface area contributed by atoms with Crippen LogP contribution in [-0.2, 0) is 15.8 Å². The maximum absolute atomic E-state index is 11.9. The first kappa shape index (κ1) is 15.6. The number of carbonyl (C=O) groups is 1. The van der Waals surface area contributed by atoms with E-state index in [0.29, 0.717) is 0 Å². The maximum atomic E-state index is 11.9. The Morgan fingerprint density at radius 2 is 1.89 bits per heavy atom. The van der Waals surface area contributed by atoms with Gasteiger partial charge in [0, 0.05) is 0 Å². The summed E-state index contributed by atoms with van der Waals surface area (Å²) in [4.78, 5) is 11.1. The van der Waals surface area contributed by atoms with Gasteiger partial charge in [-0.3, -0.25) is 4.79 Å². The van der Waals surface area contributed by atoms with Crippen LogP contribution in [0.5, 0.6) is 0 Å². The second-order valence-electron chi connectivity index (χ2n) is 5.08. The number of carboxylic acid groups (broad SMARTS) is 1. The fourth-order valence-electron chi connectivity index (χ4n) is 1.24. The van der Waals surface area contributed by atoms with Crippen molar-refractivity contribution in [2.24, 2.45) is 0 Å². The highest BCUT2D eigenvalue weighted by Crippen LogP contribution is 2.10. The molecule has 0 aromatic heterocycles. The second-order valence-corrected chi connectivity index (χ2v) is 7.08. The third-order valence-corrected chi connectivity index (χ3v) is 3.92. The van der Waals surface area contributed by atoms with E-state index >= 15 is 0 Å². The third-order valence-electron chi connectivity index (χ3n) is 2.34. The van der Waals surface area contributed by atoms with Crippen molar-refractivity contribution in [1.82, 2.24) is 4.72 Å². The van der Waals surface area contributed by atoms with E-state index in [1.165, 1.54) is 6.08 Å². The Labute approximate surface area is 116 Å². The van der Waals surface area contributed by atoms with Gasteiger partial charge in [0.1, 0.15) is 6.04 Å². The van der Waals surface area contributed by atoms with Crippen LogP contribution >= 0.6 is 0 Å². The van der Waals surface area contributed by atoms with Crippen molar-refractivity contribution in [2.75, 3.05) is 0 Å². The Kier molecular flexibility index (Phi) is 5.44. The van der Waals surface area contributed by atoms with Gasteiger partial charge < -0.3 is 5.11 Å². The molecular weight excluding hydrogens is 262 g/mol. The van der Waals surface area contributed by atoms with Crippen molar-refractivity contribution in [2.45, 2.75) is 31.6 Å². The number of hydrogen-bond acceptors (Lipinski definition) is 2. The highest BCUT2D eigenvalue weighted by molar-refractivity contribution is 7.84. The molecule has 0 unspecified atom stereocenters. The summed E-state index contributed by atoms with van der Waals surface area (Å²) in [6.45, 7) is 5.36. The average molecular weight is 281 g/mol. The Hall–Kier alpha value is -1.46. The predicted octanol–water partition coefficient (Wildman–Crippen LogP) is 2.20. The van der Waals surface area contributed by atoms with Crippen molar-refractivity contribution in [3.63, 3.8) is 0 Å². The molecule has 0 bridgehead atoms. The normalized spacial score (nSPS) is 15.3. The number of hydrogen-bond donors (Lipinski definition) is 2. The van der Waals surface area contributed by atoms with E-state index in [1.807, 2.05) is 30.3 Å². The van der Waals surface area contributed by atoms with Crippen LogP contribution in [0.15, 0.2) is 36.4 Å². The molecule has 0 heterocycles. The van der Waals surface area contributed by atoms with Gasteiger partial charge in [0.2, 0.25) is 0 Å². The van der Waals surface area contributed by atoms with E-state index < -0.39 is 27.7 Å². The van der Waals surface area contributed by atoms with E-state index in [2.05, 4.69) is 4.72 Å². The van der Waals surface area contributed by atoms with Crippen molar-refractivity contribution in [1.29, 1.82) is 0 Å². The lowest BCUT2D eigenvalue weighted by Crippen LogP contribution is -2.42. The summed E-state index contributed by atoms with van der Waals surface area (Å²) in [6.07, 6.45) is 3.20. The molecule has 5 heteroatoms. The number of aliphatic carboxylic acids is 1. The molecule has 2 atom stereocenters. The second kappa shape index (κ2) is 6.63. The molecule has 0 saturated heterocycles. The molecule has 19 heavy (non-hydrogen) atoms. The summed E-state index contributed by atoms with van der Waals surface area (Å²) < 4.78 is 14.0. The lowest BCUT2D eigenvalue weighted by molar-refractivity contribution is -0.137. The molecule has 0 spiro atoms. The number of rotatable bonds is 5. The van der Waals surface area contributed by atoms with Crippen LogP contribution in [-0.4, -0.2) is 26.1 Å². The highest BCUT2D eigenvalue weighted by Gasteiger charge is 2.24. The maximum Gasteiger partial charge on any atom is 0.325 e. The van der Waals surface area contributed by atoms with Crippen LogP contribution in [0.1, 0.15) is 26.3 Å². The van der Waals surface area contributed by atoms with Crippen LogP contribution < -0.4 is 4.72 Å². The zero-order chi connectivity index (χ0) is 14.5. The largest absolute Gasteiger partial charge is 0.480 e. The minimum absolute atomic E-state index is 0.506. The van der Waals surface area contributed by atoms with E-state index in [0.717, 1.165) is 5.56 Å². The van der Waals surface area contributed by atoms with E-state index in [9.17, 15) is 9.00 Å². The Balaban J connectivity index is 2.77. The molecule has 0 amide bonds. The topological polar surface area (TPSA) is 66.4 Å². The summed E-state index contributed by atoms with van der Waals surface area (Å²) in [5.74, 6) is -1.05. The SMILES string of the molecule is CC(C)(C)[S@@](=O)N[C@H](/C=C/c1ccccc1)C(=O)O. The lowest BCUT2D eigenvalue weighted by atomic mass is 10.2. The molecule has 2 N–H and O–H groups in total. The summed E-state index contributed by atoms with van der Waals surface area (Å²) in [5, 5.41) is 9.12. The van der Waals surface area contributed by atoms with Gasteiger partial charge in [-0.1, -0.05) is 42.5 Å². The molecule has 0 aliphatic carbocycles. The molecule has 1 aromatic rings. The summed E-state index contributed by atoms with van der Waals surface area (Å²) in [5.41, 5.74) is 0.900. The number of carboxylic acids is 1. The van der Waals surface area contributed by atoms with Crippen LogP contribution in [0.4, 0.5) is 0 Å². The van der Waals surface area contributed by atoms with Crippen LogP contribution in [0.3, 0.4) is 0 Å². The fourth-order valence-corrected chi connectivity index (χ4v) is 2.00. The average Bonchev–Trinajstić information content (AvgIpc) is 2.33. The molecule has 4 nitrogen and oxygen atoms in total. The summed E-state index contributed by atoms with van der Waals surface area (Å²) in [6, 6.07) is 8.40. The van der Waals surface area contributed by atoms with Crippen LogP contribution in [0, 0.1) is 0 Å². The molecule has 104 valence electrons. The zero-order valence-electron chi connectivity index (χ0n) is 11.3. The van der Waals surface area contributed by atoms with E-state index in [4.69, 9.17) is 5.11 Å². The quantitative estimate of drug-likeness (QED) is 0.869. The highest BCUT2D eigenvalue weighted by atomic mass is 32.2. The van der Waals surface area contributed by atoms with Gasteiger partial charge in [0.05, 0.1) is 15.7 Å². The fraction of sp³-hybridized carbons (Fsp3) is 0.357. The third kappa shape index (κ3) is 5.36.